The summed E-state index contributed by atoms with van der Waals surface area (Å²) in [5.74, 6) is -0.149. The van der Waals surface area contributed by atoms with Crippen LogP contribution in [0.4, 0.5) is 10.8 Å². The number of thiazole rings is 1. The van der Waals surface area contributed by atoms with Gasteiger partial charge in [-0.2, -0.15) is 0 Å². The molecule has 0 spiro atoms. The second-order valence-electron chi connectivity index (χ2n) is 4.18. The van der Waals surface area contributed by atoms with Crippen LogP contribution in [0.3, 0.4) is 0 Å². The van der Waals surface area contributed by atoms with Gasteiger partial charge in [-0.1, -0.05) is 18.2 Å². The van der Waals surface area contributed by atoms with Crippen molar-refractivity contribution in [3.63, 3.8) is 0 Å². The molecule has 4 nitrogen and oxygen atoms in total. The normalized spacial score (nSPS) is 14.1. The summed E-state index contributed by atoms with van der Waals surface area (Å²) in [6, 6.07) is 9.42. The molecule has 1 fully saturated rings. The highest BCUT2D eigenvalue weighted by Crippen LogP contribution is 2.25. The Morgan fingerprint density at radius 3 is 2.72 bits per heavy atom. The van der Waals surface area contributed by atoms with Gasteiger partial charge < -0.3 is 10.2 Å². The maximum atomic E-state index is 12.0. The third-order valence-electron chi connectivity index (χ3n) is 2.88. The minimum atomic E-state index is -0.149. The highest BCUT2D eigenvalue weighted by atomic mass is 32.1. The number of aromatic nitrogens is 1. The van der Waals surface area contributed by atoms with Gasteiger partial charge in [-0.25, -0.2) is 4.98 Å². The molecule has 0 atom stereocenters. The lowest BCUT2D eigenvalue weighted by Crippen LogP contribution is -2.36. The predicted molar refractivity (Wildman–Crippen MR) is 73.3 cm³/mol. The van der Waals surface area contributed by atoms with Crippen molar-refractivity contribution in [1.82, 2.24) is 4.98 Å². The van der Waals surface area contributed by atoms with Crippen molar-refractivity contribution in [1.29, 1.82) is 0 Å². The largest absolute Gasteiger partial charge is 0.348 e. The molecule has 18 heavy (non-hydrogen) atoms. The topological polar surface area (TPSA) is 45.2 Å². The number of nitrogens with one attached hydrogen (secondary N) is 1. The maximum absolute atomic E-state index is 12.0. The molecule has 1 aromatic heterocycles. The summed E-state index contributed by atoms with van der Waals surface area (Å²) >= 11 is 1.53. The van der Waals surface area contributed by atoms with Gasteiger partial charge in [0, 0.05) is 24.2 Å². The first-order chi connectivity index (χ1) is 8.83. The molecule has 0 radical (unpaired) electrons. The molecule has 0 bridgehead atoms. The Hall–Kier alpha value is -1.88. The number of benzene rings is 1. The minimum Gasteiger partial charge on any atom is -0.348 e. The quantitative estimate of drug-likeness (QED) is 0.921. The molecule has 5 heteroatoms. The Labute approximate surface area is 109 Å². The van der Waals surface area contributed by atoms with Crippen LogP contribution in [0.5, 0.6) is 0 Å². The molecule has 1 aromatic carbocycles. The van der Waals surface area contributed by atoms with E-state index in [1.165, 1.54) is 17.8 Å². The van der Waals surface area contributed by atoms with Crippen molar-refractivity contribution >= 4 is 28.1 Å². The molecule has 2 aromatic rings. The maximum Gasteiger partial charge on any atom is 0.275 e. The monoisotopic (exact) mass is 259 g/mol. The van der Waals surface area contributed by atoms with Gasteiger partial charge in [0.1, 0.15) is 5.69 Å². The summed E-state index contributed by atoms with van der Waals surface area (Å²) in [5.41, 5.74) is 1.28. The summed E-state index contributed by atoms with van der Waals surface area (Å²) < 4.78 is 0. The van der Waals surface area contributed by atoms with Crippen LogP contribution >= 0.6 is 11.3 Å². The summed E-state index contributed by atoms with van der Waals surface area (Å²) in [6.45, 7) is 2.10. The van der Waals surface area contributed by atoms with Gasteiger partial charge >= 0.3 is 0 Å². The first-order valence-corrected chi connectivity index (χ1v) is 6.78. The van der Waals surface area contributed by atoms with E-state index in [9.17, 15) is 4.79 Å². The molecule has 3 rings (SSSR count). The molecule has 0 aliphatic carbocycles. The molecule has 1 aliphatic heterocycles. The van der Waals surface area contributed by atoms with Crippen molar-refractivity contribution in [2.75, 3.05) is 23.3 Å². The molecule has 0 saturated carbocycles. The van der Waals surface area contributed by atoms with E-state index in [-0.39, 0.29) is 5.91 Å². The van der Waals surface area contributed by atoms with Gasteiger partial charge in [0.15, 0.2) is 5.13 Å². The zero-order chi connectivity index (χ0) is 12.4. The fourth-order valence-electron chi connectivity index (χ4n) is 1.74. The highest BCUT2D eigenvalue weighted by molar-refractivity contribution is 7.14. The van der Waals surface area contributed by atoms with E-state index in [4.69, 9.17) is 0 Å². The zero-order valence-corrected chi connectivity index (χ0v) is 10.6. The predicted octanol–water partition coefficient (Wildman–Crippen LogP) is 2.61. The first-order valence-electron chi connectivity index (χ1n) is 5.90. The standard InChI is InChI=1S/C13H13N3OS/c17-12(14-10-5-2-1-3-6-10)11-9-18-13(15-11)16-7-4-8-16/h1-3,5-6,9H,4,7-8H2,(H,14,17). The van der Waals surface area contributed by atoms with E-state index >= 15 is 0 Å². The van der Waals surface area contributed by atoms with Crippen LogP contribution in [0, 0.1) is 0 Å². The second-order valence-corrected chi connectivity index (χ2v) is 5.01. The van der Waals surface area contributed by atoms with Crippen LogP contribution in [-0.4, -0.2) is 24.0 Å². The van der Waals surface area contributed by atoms with Crippen LogP contribution in [0.1, 0.15) is 16.9 Å². The number of hydrogen-bond donors (Lipinski definition) is 1. The molecule has 2 heterocycles. The van der Waals surface area contributed by atoms with Crippen molar-refractivity contribution in [3.8, 4) is 0 Å². The SMILES string of the molecule is O=C(Nc1ccccc1)c1csc(N2CCC2)n1. The second kappa shape index (κ2) is 4.78. The zero-order valence-electron chi connectivity index (χ0n) is 9.80. The number of amides is 1. The van der Waals surface area contributed by atoms with Gasteiger partial charge in [0.25, 0.3) is 5.91 Å². The van der Waals surface area contributed by atoms with Crippen LogP contribution in [0.2, 0.25) is 0 Å². The summed E-state index contributed by atoms with van der Waals surface area (Å²) in [6.07, 6.45) is 1.21. The van der Waals surface area contributed by atoms with Crippen LogP contribution in [0.15, 0.2) is 35.7 Å². The Morgan fingerprint density at radius 1 is 1.28 bits per heavy atom. The van der Waals surface area contributed by atoms with Crippen LogP contribution < -0.4 is 10.2 Å². The number of hydrogen-bond acceptors (Lipinski definition) is 4. The lowest BCUT2D eigenvalue weighted by atomic mass is 10.2. The summed E-state index contributed by atoms with van der Waals surface area (Å²) in [5, 5.41) is 5.59. The fraction of sp³-hybridized carbons (Fsp3) is 0.231. The minimum absolute atomic E-state index is 0.149. The van der Waals surface area contributed by atoms with Crippen molar-refractivity contribution in [2.45, 2.75) is 6.42 Å². The fourth-order valence-corrected chi connectivity index (χ4v) is 2.60. The van der Waals surface area contributed by atoms with E-state index in [1.807, 2.05) is 35.7 Å². The number of carbonyl (C=O) groups excluding carboxylic acids is 1. The molecule has 1 N–H and O–H groups in total. The van der Waals surface area contributed by atoms with Gasteiger partial charge in [0.05, 0.1) is 0 Å². The van der Waals surface area contributed by atoms with E-state index in [2.05, 4.69) is 15.2 Å². The molecular weight excluding hydrogens is 246 g/mol. The van der Waals surface area contributed by atoms with E-state index < -0.39 is 0 Å². The molecule has 0 unspecified atom stereocenters. The summed E-state index contributed by atoms with van der Waals surface area (Å²) in [7, 11) is 0. The number of carbonyl (C=O) groups is 1. The number of nitrogens with zero attached hydrogens (tertiary/aromatic N) is 2. The Kier molecular flexibility index (Phi) is 2.98. The van der Waals surface area contributed by atoms with Crippen molar-refractivity contribution < 1.29 is 4.79 Å². The van der Waals surface area contributed by atoms with Gasteiger partial charge in [-0.15, -0.1) is 11.3 Å². The average molecular weight is 259 g/mol. The van der Waals surface area contributed by atoms with Gasteiger partial charge in [0.2, 0.25) is 0 Å². The Bertz CT molecular complexity index is 548. The molecular formula is C13H13N3OS. The Balaban J connectivity index is 1.70. The van der Waals surface area contributed by atoms with Gasteiger partial charge in [-0.3, -0.25) is 4.79 Å². The number of anilines is 2. The van der Waals surface area contributed by atoms with E-state index in [0.717, 1.165) is 23.9 Å². The number of para-hydroxylation sites is 1. The lowest BCUT2D eigenvalue weighted by Gasteiger charge is -2.30. The summed E-state index contributed by atoms with van der Waals surface area (Å²) in [4.78, 5) is 18.5. The van der Waals surface area contributed by atoms with E-state index in [1.54, 1.807) is 0 Å². The average Bonchev–Trinajstić information content (AvgIpc) is 2.77. The molecule has 1 amide bonds. The lowest BCUT2D eigenvalue weighted by molar-refractivity contribution is 0.102. The smallest absolute Gasteiger partial charge is 0.275 e. The third-order valence-corrected chi connectivity index (χ3v) is 3.78. The number of rotatable bonds is 3. The van der Waals surface area contributed by atoms with Crippen LogP contribution in [0.25, 0.3) is 0 Å². The molecule has 92 valence electrons. The van der Waals surface area contributed by atoms with Crippen LogP contribution in [-0.2, 0) is 0 Å². The van der Waals surface area contributed by atoms with Gasteiger partial charge in [-0.05, 0) is 18.6 Å². The first kappa shape index (κ1) is 11.2. The van der Waals surface area contributed by atoms with Crippen molar-refractivity contribution in [2.24, 2.45) is 0 Å². The molecule has 1 aliphatic rings. The van der Waals surface area contributed by atoms with Crippen molar-refractivity contribution in [3.05, 3.63) is 41.4 Å². The highest BCUT2D eigenvalue weighted by Gasteiger charge is 2.19. The third kappa shape index (κ3) is 2.22. The molecule has 1 saturated heterocycles. The van der Waals surface area contributed by atoms with E-state index in [0.29, 0.717) is 5.69 Å². The Morgan fingerprint density at radius 2 is 2.06 bits per heavy atom.